The van der Waals surface area contributed by atoms with Gasteiger partial charge in [0.15, 0.2) is 0 Å². The van der Waals surface area contributed by atoms with E-state index in [0.29, 0.717) is 11.8 Å². The zero-order chi connectivity index (χ0) is 21.9. The zero-order valence-electron chi connectivity index (χ0n) is 20.1. The molecular formula is C25H40O3Si2. The van der Waals surface area contributed by atoms with E-state index in [1.165, 1.54) is 36.0 Å². The number of benzene rings is 1. The first kappa shape index (κ1) is 23.6. The van der Waals surface area contributed by atoms with Crippen molar-refractivity contribution in [1.29, 1.82) is 0 Å². The average Bonchev–Trinajstić information content (AvgIpc) is 2.65. The Labute approximate surface area is 187 Å². The topological polar surface area (TPSA) is 27.7 Å². The Hall–Kier alpha value is -1.05. The maximum absolute atomic E-state index is 6.67. The molecule has 5 heteroatoms. The van der Waals surface area contributed by atoms with Gasteiger partial charge in [-0.2, -0.15) is 0 Å². The van der Waals surface area contributed by atoms with E-state index in [4.69, 9.17) is 13.6 Å². The van der Waals surface area contributed by atoms with Crippen LogP contribution in [0.15, 0.2) is 23.8 Å². The fourth-order valence-electron chi connectivity index (χ4n) is 4.85. The number of unbranched alkanes of at least 4 members (excludes halogenated alkanes) is 2. The average molecular weight is 445 g/mol. The smallest absolute Gasteiger partial charge is 0.274 e. The molecule has 3 nitrogen and oxygen atoms in total. The molecule has 0 amide bonds. The number of hydrogen-bond acceptors (Lipinski definition) is 3. The van der Waals surface area contributed by atoms with E-state index in [-0.39, 0.29) is 5.60 Å². The van der Waals surface area contributed by atoms with Crippen molar-refractivity contribution < 1.29 is 13.6 Å². The highest BCUT2D eigenvalue weighted by Crippen LogP contribution is 2.53. The first-order valence-electron chi connectivity index (χ1n) is 11.7. The van der Waals surface area contributed by atoms with Gasteiger partial charge in [-0.3, -0.25) is 0 Å². The van der Waals surface area contributed by atoms with E-state index in [9.17, 15) is 0 Å². The van der Waals surface area contributed by atoms with Gasteiger partial charge in [0.25, 0.3) is 9.04 Å². The Morgan fingerprint density at radius 3 is 2.53 bits per heavy atom. The first-order valence-corrected chi connectivity index (χ1v) is 16.5. The van der Waals surface area contributed by atoms with E-state index in [0.717, 1.165) is 37.4 Å². The van der Waals surface area contributed by atoms with Gasteiger partial charge in [-0.15, -0.1) is 0 Å². The number of ether oxygens (including phenoxy) is 1. The standard InChI is InChI=1S/C25H40O3Si2/c1-8-9-10-11-18-15-22-24(23(16-18)28-30(6)7)20-14-19(17-26-29(4)5)12-13-21(20)25(2,3)27-22/h14-16,20-21H,8-13,17H2,1-7H3/t20-,21-/m0/s1. The van der Waals surface area contributed by atoms with Crippen LogP contribution in [-0.4, -0.2) is 30.3 Å². The second-order valence-electron chi connectivity index (χ2n) is 9.87. The van der Waals surface area contributed by atoms with Gasteiger partial charge in [0.2, 0.25) is 9.04 Å². The minimum Gasteiger partial charge on any atom is -0.542 e. The molecule has 2 aliphatic rings. The summed E-state index contributed by atoms with van der Waals surface area (Å²) in [6, 6.07) is 4.61. The summed E-state index contributed by atoms with van der Waals surface area (Å²) in [5, 5.41) is 0. The Kier molecular flexibility index (Phi) is 7.91. The molecule has 0 N–H and O–H groups in total. The summed E-state index contributed by atoms with van der Waals surface area (Å²) in [4.78, 5) is 0. The maximum Gasteiger partial charge on any atom is 0.274 e. The maximum atomic E-state index is 6.67. The first-order chi connectivity index (χ1) is 14.2. The van der Waals surface area contributed by atoms with Crippen molar-refractivity contribution in [1.82, 2.24) is 0 Å². The molecule has 1 aliphatic heterocycles. The van der Waals surface area contributed by atoms with Crippen molar-refractivity contribution in [2.75, 3.05) is 6.61 Å². The van der Waals surface area contributed by atoms with Crippen molar-refractivity contribution in [3.05, 3.63) is 34.9 Å². The lowest BCUT2D eigenvalue weighted by molar-refractivity contribution is 0.0104. The number of aryl methyl sites for hydroxylation is 1. The van der Waals surface area contributed by atoms with E-state index in [2.05, 4.69) is 65.2 Å². The van der Waals surface area contributed by atoms with E-state index < -0.39 is 18.1 Å². The number of fused-ring (bicyclic) bond motifs is 3. The van der Waals surface area contributed by atoms with Gasteiger partial charge in [-0.05, 0) is 89.0 Å². The minimum atomic E-state index is -0.857. The van der Waals surface area contributed by atoms with Crippen molar-refractivity contribution in [3.63, 3.8) is 0 Å². The normalized spacial score (nSPS) is 22.4. The quantitative estimate of drug-likeness (QED) is 0.235. The SMILES string of the molecule is CCCCCc1cc(O[Si](C)C)c2c(c1)OC(C)(C)[C@H]1CCC(CO[Si](C)C)=C[C@H]21. The molecule has 1 aromatic carbocycles. The monoisotopic (exact) mass is 444 g/mol. The van der Waals surface area contributed by atoms with E-state index in [1.807, 2.05) is 0 Å². The molecule has 0 bridgehead atoms. The Bertz CT molecular complexity index is 738. The van der Waals surface area contributed by atoms with Gasteiger partial charge < -0.3 is 13.6 Å². The molecular weight excluding hydrogens is 404 g/mol. The highest BCUT2D eigenvalue weighted by molar-refractivity contribution is 6.49. The molecule has 0 aromatic heterocycles. The van der Waals surface area contributed by atoms with Crippen LogP contribution < -0.4 is 9.16 Å². The summed E-state index contributed by atoms with van der Waals surface area (Å²) in [7, 11) is -1.53. The minimum absolute atomic E-state index is 0.170. The lowest BCUT2D eigenvalue weighted by atomic mass is 9.68. The Morgan fingerprint density at radius 1 is 1.10 bits per heavy atom. The summed E-state index contributed by atoms with van der Waals surface area (Å²) in [6.45, 7) is 16.4. The molecule has 0 saturated heterocycles. The van der Waals surface area contributed by atoms with Crippen molar-refractivity contribution in [2.24, 2.45) is 5.92 Å². The summed E-state index contributed by atoms with van der Waals surface area (Å²) in [5.41, 5.74) is 3.90. The van der Waals surface area contributed by atoms with Crippen LogP contribution in [0.1, 0.15) is 69.9 Å². The molecule has 2 atom stereocenters. The van der Waals surface area contributed by atoms with Crippen LogP contribution in [0, 0.1) is 5.92 Å². The van der Waals surface area contributed by atoms with Gasteiger partial charge in [0, 0.05) is 17.4 Å². The molecule has 3 rings (SSSR count). The molecule has 1 aliphatic carbocycles. The Morgan fingerprint density at radius 2 is 1.87 bits per heavy atom. The predicted octanol–water partition coefficient (Wildman–Crippen LogP) is 6.91. The molecule has 1 aromatic rings. The molecule has 166 valence electrons. The van der Waals surface area contributed by atoms with Crippen LogP contribution in [0.4, 0.5) is 0 Å². The number of allylic oxidation sites excluding steroid dienone is 1. The summed E-state index contributed by atoms with van der Waals surface area (Å²) >= 11 is 0. The van der Waals surface area contributed by atoms with Gasteiger partial charge in [0.05, 0.1) is 6.61 Å². The highest BCUT2D eigenvalue weighted by Gasteiger charge is 2.45. The van der Waals surface area contributed by atoms with E-state index >= 15 is 0 Å². The molecule has 2 radical (unpaired) electrons. The van der Waals surface area contributed by atoms with Crippen molar-refractivity contribution in [2.45, 2.75) is 97.0 Å². The molecule has 0 spiro atoms. The largest absolute Gasteiger partial charge is 0.542 e. The van der Waals surface area contributed by atoms with Crippen LogP contribution in [0.25, 0.3) is 0 Å². The fourth-order valence-corrected chi connectivity index (χ4v) is 5.93. The lowest BCUT2D eigenvalue weighted by Crippen LogP contribution is -2.45. The van der Waals surface area contributed by atoms with Crippen LogP contribution in [0.2, 0.25) is 26.2 Å². The predicted molar refractivity (Wildman–Crippen MR) is 129 cm³/mol. The second-order valence-corrected chi connectivity index (χ2v) is 14.0. The van der Waals surface area contributed by atoms with Gasteiger partial charge in [-0.1, -0.05) is 25.8 Å². The number of rotatable bonds is 9. The Balaban J connectivity index is 2.01. The third kappa shape index (κ3) is 5.60. The molecule has 0 unspecified atom stereocenters. The van der Waals surface area contributed by atoms with Gasteiger partial charge in [0.1, 0.15) is 17.1 Å². The fraction of sp³-hybridized carbons (Fsp3) is 0.680. The van der Waals surface area contributed by atoms with Crippen LogP contribution >= 0.6 is 0 Å². The zero-order valence-corrected chi connectivity index (χ0v) is 22.1. The van der Waals surface area contributed by atoms with Gasteiger partial charge in [-0.25, -0.2) is 0 Å². The molecule has 1 heterocycles. The summed E-state index contributed by atoms with van der Waals surface area (Å²) in [6.07, 6.45) is 9.58. The van der Waals surface area contributed by atoms with Crippen LogP contribution in [0.3, 0.4) is 0 Å². The van der Waals surface area contributed by atoms with Crippen LogP contribution in [0.5, 0.6) is 11.5 Å². The number of hydrogen-bond donors (Lipinski definition) is 0. The van der Waals surface area contributed by atoms with Crippen LogP contribution in [-0.2, 0) is 10.8 Å². The molecule has 0 fully saturated rings. The molecule has 30 heavy (non-hydrogen) atoms. The van der Waals surface area contributed by atoms with Crippen molar-refractivity contribution in [3.8, 4) is 11.5 Å². The second kappa shape index (κ2) is 10.0. The lowest BCUT2D eigenvalue weighted by Gasteiger charge is -2.47. The third-order valence-electron chi connectivity index (χ3n) is 6.32. The third-order valence-corrected chi connectivity index (χ3v) is 7.67. The van der Waals surface area contributed by atoms with Crippen molar-refractivity contribution >= 4 is 18.1 Å². The molecule has 0 saturated carbocycles. The summed E-state index contributed by atoms with van der Waals surface area (Å²) < 4.78 is 19.2. The summed E-state index contributed by atoms with van der Waals surface area (Å²) in [5.74, 6) is 2.93. The van der Waals surface area contributed by atoms with Gasteiger partial charge >= 0.3 is 0 Å². The van der Waals surface area contributed by atoms with E-state index in [1.54, 1.807) is 0 Å². The highest BCUT2D eigenvalue weighted by atomic mass is 28.3.